The minimum atomic E-state index is -1.35. The van der Waals surface area contributed by atoms with Crippen LogP contribution in [0.2, 0.25) is 17.6 Å². The minimum absolute atomic E-state index is 0. The van der Waals surface area contributed by atoms with Gasteiger partial charge in [0.25, 0.3) is 0 Å². The normalized spacial score (nSPS) is 36.0. The molecule has 0 spiro atoms. The highest BCUT2D eigenvalue weighted by Crippen LogP contribution is 2.50. The second-order valence-corrected chi connectivity index (χ2v) is 11.0. The highest BCUT2D eigenvalue weighted by Gasteiger charge is 2.43. The van der Waals surface area contributed by atoms with E-state index in [-0.39, 0.29) is 11.0 Å². The van der Waals surface area contributed by atoms with Crippen molar-refractivity contribution in [2.45, 2.75) is 50.7 Å². The molecule has 1 unspecified atom stereocenters. The van der Waals surface area contributed by atoms with Crippen LogP contribution < -0.4 is 0 Å². The smallest absolute Gasteiger partial charge is 0.159 e. The fraction of sp³-hybridized carbons (Fsp3) is 1.00. The van der Waals surface area contributed by atoms with Gasteiger partial charge in [0.05, 0.1) is 0 Å². The molecule has 0 bridgehead atoms. The standard InChI is InChI=1S/C8H17ClSi.H4Si/c1-8(2)6-4-5-7-10(8,3)9;/h4-7H2,1-3H3;1H4. The first-order valence-corrected chi connectivity index (χ1v) is 7.87. The van der Waals surface area contributed by atoms with E-state index in [2.05, 4.69) is 20.4 Å². The lowest BCUT2D eigenvalue weighted by atomic mass is 10.1. The van der Waals surface area contributed by atoms with E-state index in [0.717, 1.165) is 0 Å². The van der Waals surface area contributed by atoms with E-state index < -0.39 is 7.38 Å². The van der Waals surface area contributed by atoms with E-state index in [9.17, 15) is 0 Å². The largest absolute Gasteiger partial charge is 0.167 e. The Morgan fingerprint density at radius 2 is 1.82 bits per heavy atom. The van der Waals surface area contributed by atoms with Gasteiger partial charge in [-0.05, 0) is 28.5 Å². The van der Waals surface area contributed by atoms with Crippen molar-refractivity contribution >= 4 is 29.4 Å². The fourth-order valence-electron chi connectivity index (χ4n) is 1.62. The van der Waals surface area contributed by atoms with Crippen LogP contribution in [0.25, 0.3) is 0 Å². The first-order chi connectivity index (χ1) is 4.46. The van der Waals surface area contributed by atoms with Crippen molar-refractivity contribution in [3.05, 3.63) is 0 Å². The van der Waals surface area contributed by atoms with E-state index in [0.29, 0.717) is 5.04 Å². The molecule has 1 aliphatic heterocycles. The number of hydrogen-bond donors (Lipinski definition) is 0. The third-order valence-corrected chi connectivity index (χ3v) is 9.58. The zero-order valence-electron chi connectivity index (χ0n) is 7.21. The molecule has 0 aromatic carbocycles. The monoisotopic (exact) mass is 208 g/mol. The van der Waals surface area contributed by atoms with Crippen molar-refractivity contribution in [3.8, 4) is 0 Å². The lowest BCUT2D eigenvalue weighted by Crippen LogP contribution is -2.38. The van der Waals surface area contributed by atoms with Gasteiger partial charge in [-0.15, -0.1) is 0 Å². The predicted octanol–water partition coefficient (Wildman–Crippen LogP) is 2.31. The van der Waals surface area contributed by atoms with Gasteiger partial charge in [-0.25, -0.2) is 0 Å². The molecule has 3 heteroatoms. The van der Waals surface area contributed by atoms with Gasteiger partial charge in [0.2, 0.25) is 0 Å². The Kier molecular flexibility index (Phi) is 3.86. The molecule has 0 aliphatic carbocycles. The second-order valence-electron chi connectivity index (χ2n) is 4.29. The molecule has 0 amide bonds. The molecule has 0 aromatic rings. The van der Waals surface area contributed by atoms with E-state index >= 15 is 0 Å². The fourth-order valence-corrected chi connectivity index (χ4v) is 4.60. The summed E-state index contributed by atoms with van der Waals surface area (Å²) in [6.45, 7) is 6.99. The SMILES string of the molecule is CC1(C)CCCC[Si]1(C)Cl.[SiH4]. The Morgan fingerprint density at radius 3 is 2.09 bits per heavy atom. The van der Waals surface area contributed by atoms with Crippen LogP contribution in [-0.4, -0.2) is 18.3 Å². The maximum Gasteiger partial charge on any atom is 0.159 e. The number of hydrogen-bond acceptors (Lipinski definition) is 0. The molecule has 0 nitrogen and oxygen atoms in total. The molecule has 11 heavy (non-hydrogen) atoms. The van der Waals surface area contributed by atoms with Crippen LogP contribution in [0.15, 0.2) is 0 Å². The summed E-state index contributed by atoms with van der Waals surface area (Å²) in [5.41, 5.74) is 0. The average molecular weight is 209 g/mol. The molecule has 0 N–H and O–H groups in total. The summed E-state index contributed by atoms with van der Waals surface area (Å²) in [7, 11) is -1.35. The summed E-state index contributed by atoms with van der Waals surface area (Å²) in [6.07, 6.45) is 4.11. The van der Waals surface area contributed by atoms with Crippen LogP contribution in [0.5, 0.6) is 0 Å². The molecule has 0 radical (unpaired) electrons. The van der Waals surface area contributed by atoms with E-state index in [1.807, 2.05) is 0 Å². The summed E-state index contributed by atoms with van der Waals surface area (Å²) in [4.78, 5) is 0. The Balaban J connectivity index is 0.000001000. The van der Waals surface area contributed by atoms with E-state index in [4.69, 9.17) is 11.1 Å². The molecule has 1 heterocycles. The molecule has 0 aromatic heterocycles. The van der Waals surface area contributed by atoms with Crippen molar-refractivity contribution in [3.63, 3.8) is 0 Å². The maximum atomic E-state index is 6.50. The average Bonchev–Trinajstić information content (AvgIpc) is 1.77. The zero-order valence-corrected chi connectivity index (χ0v) is 8.96. The summed E-state index contributed by atoms with van der Waals surface area (Å²) >= 11 is 6.50. The quantitative estimate of drug-likeness (QED) is 0.424. The first-order valence-electron chi connectivity index (χ1n) is 4.15. The van der Waals surface area contributed by atoms with Crippen molar-refractivity contribution in [2.75, 3.05) is 0 Å². The van der Waals surface area contributed by atoms with Crippen LogP contribution in [0, 0.1) is 0 Å². The van der Waals surface area contributed by atoms with Crippen LogP contribution in [0.3, 0.4) is 0 Å². The van der Waals surface area contributed by atoms with Crippen molar-refractivity contribution in [1.29, 1.82) is 0 Å². The topological polar surface area (TPSA) is 0 Å². The van der Waals surface area contributed by atoms with Gasteiger partial charge < -0.3 is 0 Å². The third-order valence-electron chi connectivity index (χ3n) is 3.11. The number of halogens is 1. The lowest BCUT2D eigenvalue weighted by molar-refractivity contribution is 0.518. The Bertz CT molecular complexity index is 116. The molecule has 1 aliphatic rings. The maximum absolute atomic E-state index is 6.50. The summed E-state index contributed by atoms with van der Waals surface area (Å²) in [5.74, 6) is 0. The van der Waals surface area contributed by atoms with Crippen LogP contribution >= 0.6 is 11.1 Å². The zero-order chi connectivity index (χ0) is 7.83. The first kappa shape index (κ1) is 11.7. The van der Waals surface area contributed by atoms with Crippen LogP contribution in [0.4, 0.5) is 0 Å². The van der Waals surface area contributed by atoms with Gasteiger partial charge in [-0.1, -0.05) is 33.2 Å². The van der Waals surface area contributed by atoms with Gasteiger partial charge >= 0.3 is 0 Å². The van der Waals surface area contributed by atoms with Crippen molar-refractivity contribution in [2.24, 2.45) is 0 Å². The minimum Gasteiger partial charge on any atom is -0.167 e. The molecule has 1 fully saturated rings. The van der Waals surface area contributed by atoms with E-state index in [1.54, 1.807) is 0 Å². The van der Waals surface area contributed by atoms with Crippen molar-refractivity contribution < 1.29 is 0 Å². The predicted molar refractivity (Wildman–Crippen MR) is 61.5 cm³/mol. The van der Waals surface area contributed by atoms with Gasteiger partial charge in [-0.2, -0.15) is 11.1 Å². The number of rotatable bonds is 0. The Labute approximate surface area is 80.5 Å². The molecule has 1 atom stereocenters. The van der Waals surface area contributed by atoms with Crippen LogP contribution in [-0.2, 0) is 0 Å². The summed E-state index contributed by atoms with van der Waals surface area (Å²) < 4.78 is 0. The Morgan fingerprint density at radius 1 is 1.27 bits per heavy atom. The molecule has 1 saturated heterocycles. The van der Waals surface area contributed by atoms with Gasteiger partial charge in [0.15, 0.2) is 7.38 Å². The summed E-state index contributed by atoms with van der Waals surface area (Å²) in [5, 5.41) is 0.479. The van der Waals surface area contributed by atoms with Crippen molar-refractivity contribution in [1.82, 2.24) is 0 Å². The molecular weight excluding hydrogens is 188 g/mol. The van der Waals surface area contributed by atoms with Gasteiger partial charge in [-0.3, -0.25) is 0 Å². The second kappa shape index (κ2) is 3.63. The van der Waals surface area contributed by atoms with Gasteiger partial charge in [0, 0.05) is 0 Å². The molecule has 68 valence electrons. The highest BCUT2D eigenvalue weighted by molar-refractivity contribution is 7.21. The molecular formula is C8H21ClSi2. The van der Waals surface area contributed by atoms with E-state index in [1.165, 1.54) is 25.3 Å². The van der Waals surface area contributed by atoms with Gasteiger partial charge in [0.1, 0.15) is 0 Å². The Hall–Kier alpha value is 0.724. The lowest BCUT2D eigenvalue weighted by Gasteiger charge is -2.41. The molecule has 1 rings (SSSR count). The van der Waals surface area contributed by atoms with Crippen LogP contribution in [0.1, 0.15) is 33.1 Å². The molecule has 0 saturated carbocycles. The third kappa shape index (κ3) is 2.33. The highest BCUT2D eigenvalue weighted by atomic mass is 35.6. The summed E-state index contributed by atoms with van der Waals surface area (Å²) in [6, 6.07) is 1.32.